The molecule has 15 nitrogen and oxygen atoms in total. The predicted octanol–water partition coefficient (Wildman–Crippen LogP) is 6.17. The van der Waals surface area contributed by atoms with Crippen molar-refractivity contribution < 1.29 is 28.7 Å². The summed E-state index contributed by atoms with van der Waals surface area (Å²) in [4.78, 5) is 75.1. The maximum absolute atomic E-state index is 13.6. The highest BCUT2D eigenvalue weighted by Gasteiger charge is 2.38. The monoisotopic (exact) mass is 789 g/mol. The van der Waals surface area contributed by atoms with E-state index in [1.54, 1.807) is 24.4 Å². The van der Waals surface area contributed by atoms with Gasteiger partial charge in [-0.2, -0.15) is 0 Å². The number of rotatable bonds is 13. The molecule has 0 bridgehead atoms. The van der Waals surface area contributed by atoms with Crippen LogP contribution in [0.4, 0.5) is 4.79 Å². The van der Waals surface area contributed by atoms with E-state index in [-0.39, 0.29) is 35.7 Å². The van der Waals surface area contributed by atoms with Crippen molar-refractivity contribution in [1.82, 2.24) is 45.4 Å². The van der Waals surface area contributed by atoms with Gasteiger partial charge in [0.1, 0.15) is 29.5 Å². The topological polar surface area (TPSA) is 188 Å². The van der Waals surface area contributed by atoms with Gasteiger partial charge in [-0.15, -0.1) is 0 Å². The minimum Gasteiger partial charge on any atom is -0.496 e. The lowest BCUT2D eigenvalue weighted by Gasteiger charge is -2.30. The third kappa shape index (κ3) is 7.98. The normalized spacial score (nSPS) is 17.8. The molecular formula is C43H51N9O6. The highest BCUT2D eigenvalue weighted by molar-refractivity contribution is 5.91. The first kappa shape index (κ1) is 40.0. The zero-order chi connectivity index (χ0) is 41.1. The van der Waals surface area contributed by atoms with Crippen molar-refractivity contribution in [2.24, 2.45) is 11.8 Å². The van der Waals surface area contributed by atoms with E-state index in [1.807, 2.05) is 81.1 Å². The zero-order valence-corrected chi connectivity index (χ0v) is 33.7. The number of ether oxygens (including phenoxy) is 2. The van der Waals surface area contributed by atoms with Crippen LogP contribution in [0.25, 0.3) is 44.7 Å². The van der Waals surface area contributed by atoms with Crippen LogP contribution in [0.15, 0.2) is 60.9 Å². The third-order valence-electron chi connectivity index (χ3n) is 11.3. The molecule has 0 radical (unpaired) electrons. The number of imidazole rings is 2. The summed E-state index contributed by atoms with van der Waals surface area (Å²) in [7, 11) is 2.93. The average molecular weight is 790 g/mol. The Morgan fingerprint density at radius 2 is 1.33 bits per heavy atom. The summed E-state index contributed by atoms with van der Waals surface area (Å²) in [6, 6.07) is 14.2. The summed E-state index contributed by atoms with van der Waals surface area (Å²) in [5.74, 6) is 1.69. The smallest absolute Gasteiger partial charge is 0.407 e. The Morgan fingerprint density at radius 3 is 1.88 bits per heavy atom. The number of amides is 4. The molecule has 4 amide bonds. The number of aromatic nitrogens is 5. The maximum Gasteiger partial charge on any atom is 0.407 e. The third-order valence-corrected chi connectivity index (χ3v) is 11.3. The molecule has 0 unspecified atom stereocenters. The van der Waals surface area contributed by atoms with E-state index in [9.17, 15) is 19.2 Å². The van der Waals surface area contributed by atoms with Gasteiger partial charge in [-0.25, -0.2) is 19.7 Å². The minimum absolute atomic E-state index is 0.0405. The molecule has 0 aliphatic carbocycles. The number of fused-ring (bicyclic) bond motifs is 1. The number of methoxy groups -OCH3 is 2. The number of carbonyl (C=O) groups is 4. The molecule has 7 rings (SSSR count). The number of hydrogen-bond acceptors (Lipinski definition) is 9. The maximum atomic E-state index is 13.6. The summed E-state index contributed by atoms with van der Waals surface area (Å²) in [6.45, 7) is 8.83. The Balaban J connectivity index is 1.07. The Hall–Kier alpha value is -6.25. The standard InChI is InChI=1S/C43H51N9O6/c1-24(2)37(46-23-53)41(54)51-17-7-9-34(51)40-45-22-33(49-40)28-15-16-30-29(19-28)36(57-5)20-31(47-30)26-11-13-27(14-12-26)32-21-44-39(48-32)35-10-8-18-52(35)42(55)38(25(3)4)50-43(56)58-6/h11-16,19-25,34-35,37-38H,7-10,17-18H2,1-6H3,(H,44,48)(H,45,49)(H,46,53)(H,50,56)/t34-,35-,37-,38-/m0/s1. The molecule has 0 saturated carbocycles. The van der Waals surface area contributed by atoms with Crippen LogP contribution >= 0.6 is 0 Å². The number of pyridine rings is 1. The Kier molecular flexibility index (Phi) is 11.8. The number of nitrogens with zero attached hydrogens (tertiary/aromatic N) is 5. The zero-order valence-electron chi connectivity index (χ0n) is 33.7. The van der Waals surface area contributed by atoms with E-state index in [0.717, 1.165) is 70.4 Å². The molecule has 3 aromatic heterocycles. The lowest BCUT2D eigenvalue weighted by atomic mass is 10.0. The van der Waals surface area contributed by atoms with Crippen LogP contribution < -0.4 is 15.4 Å². The molecule has 4 atom stereocenters. The van der Waals surface area contributed by atoms with E-state index in [1.165, 1.54) is 7.11 Å². The second kappa shape index (κ2) is 17.1. The fourth-order valence-corrected chi connectivity index (χ4v) is 8.11. The number of carbonyl (C=O) groups excluding carboxylic acids is 4. The van der Waals surface area contributed by atoms with Gasteiger partial charge in [-0.3, -0.25) is 14.4 Å². The largest absolute Gasteiger partial charge is 0.496 e. The number of aromatic amines is 2. The van der Waals surface area contributed by atoms with E-state index in [0.29, 0.717) is 36.9 Å². The number of benzene rings is 2. The summed E-state index contributed by atoms with van der Waals surface area (Å²) >= 11 is 0. The van der Waals surface area contributed by atoms with Crippen LogP contribution in [0.3, 0.4) is 0 Å². The SMILES string of the molecule is COC(=O)N[C@H](C(=O)N1CCC[C@H]1c1ncc(-c2ccc(-c3cc(OC)c4cc(-c5cnc([C@@H]6CCCN6C(=O)[C@@H](NC=O)C(C)C)[nH]5)ccc4n3)cc2)[nH]1)C(C)C. The van der Waals surface area contributed by atoms with Gasteiger partial charge in [0, 0.05) is 35.7 Å². The molecule has 5 aromatic rings. The molecule has 0 spiro atoms. The van der Waals surface area contributed by atoms with Gasteiger partial charge in [0.25, 0.3) is 0 Å². The van der Waals surface area contributed by atoms with Crippen LogP contribution in [-0.4, -0.2) is 98.4 Å². The van der Waals surface area contributed by atoms with Gasteiger partial charge >= 0.3 is 6.09 Å². The van der Waals surface area contributed by atoms with E-state index in [2.05, 4.69) is 25.6 Å². The van der Waals surface area contributed by atoms with Crippen molar-refractivity contribution in [3.8, 4) is 39.5 Å². The van der Waals surface area contributed by atoms with Crippen LogP contribution in [0, 0.1) is 11.8 Å². The number of H-pyrrole nitrogens is 2. The molecule has 5 heterocycles. The van der Waals surface area contributed by atoms with Crippen molar-refractivity contribution >= 4 is 35.2 Å². The summed E-state index contributed by atoms with van der Waals surface area (Å²) in [5.41, 5.74) is 5.92. The summed E-state index contributed by atoms with van der Waals surface area (Å²) < 4.78 is 10.6. The fourth-order valence-electron chi connectivity index (χ4n) is 8.11. The van der Waals surface area contributed by atoms with Gasteiger partial charge in [-0.1, -0.05) is 58.0 Å². The Morgan fingerprint density at radius 1 is 0.776 bits per heavy atom. The minimum atomic E-state index is -0.700. The molecule has 58 heavy (non-hydrogen) atoms. The lowest BCUT2D eigenvalue weighted by Crippen LogP contribution is -2.51. The first-order valence-electron chi connectivity index (χ1n) is 19.9. The van der Waals surface area contributed by atoms with Crippen LogP contribution in [0.1, 0.15) is 77.1 Å². The number of nitrogens with one attached hydrogen (secondary N) is 4. The first-order chi connectivity index (χ1) is 28.0. The van der Waals surface area contributed by atoms with Crippen molar-refractivity contribution in [1.29, 1.82) is 0 Å². The molecule has 2 aliphatic rings. The number of likely N-dealkylation sites (tertiary alicyclic amines) is 2. The second-order valence-corrected chi connectivity index (χ2v) is 15.6. The number of alkyl carbamates (subject to hydrolysis) is 1. The molecular weight excluding hydrogens is 739 g/mol. The van der Waals surface area contributed by atoms with Gasteiger partial charge in [-0.05, 0) is 55.2 Å². The fraction of sp³-hybridized carbons (Fsp3) is 0.419. The van der Waals surface area contributed by atoms with Crippen molar-refractivity contribution in [3.63, 3.8) is 0 Å². The highest BCUT2D eigenvalue weighted by Crippen LogP contribution is 2.37. The molecule has 2 fully saturated rings. The Bertz CT molecular complexity index is 2280. The number of hydrogen-bond donors (Lipinski definition) is 4. The van der Waals surface area contributed by atoms with E-state index in [4.69, 9.17) is 19.4 Å². The average Bonchev–Trinajstić information content (AvgIpc) is 4.07. The van der Waals surface area contributed by atoms with Crippen LogP contribution in [0.5, 0.6) is 5.75 Å². The van der Waals surface area contributed by atoms with Gasteiger partial charge in [0.05, 0.1) is 61.3 Å². The molecule has 2 aromatic carbocycles. The van der Waals surface area contributed by atoms with Crippen molar-refractivity contribution in [2.45, 2.75) is 77.5 Å². The summed E-state index contributed by atoms with van der Waals surface area (Å²) in [6.07, 6.45) is 6.78. The van der Waals surface area contributed by atoms with E-state index >= 15 is 0 Å². The lowest BCUT2D eigenvalue weighted by molar-refractivity contribution is -0.137. The van der Waals surface area contributed by atoms with Crippen molar-refractivity contribution in [3.05, 3.63) is 72.6 Å². The highest BCUT2D eigenvalue weighted by atomic mass is 16.5. The first-order valence-corrected chi connectivity index (χ1v) is 19.9. The van der Waals surface area contributed by atoms with Crippen LogP contribution in [-0.2, 0) is 19.1 Å². The quantitative estimate of drug-likeness (QED) is 0.101. The molecule has 304 valence electrons. The molecule has 4 N–H and O–H groups in total. The molecule has 2 saturated heterocycles. The summed E-state index contributed by atoms with van der Waals surface area (Å²) in [5, 5.41) is 6.23. The molecule has 2 aliphatic heterocycles. The Labute approximate surface area is 337 Å². The van der Waals surface area contributed by atoms with Gasteiger partial charge < -0.3 is 39.9 Å². The van der Waals surface area contributed by atoms with Gasteiger partial charge in [0.15, 0.2) is 0 Å². The van der Waals surface area contributed by atoms with E-state index < -0.39 is 18.2 Å². The predicted molar refractivity (Wildman–Crippen MR) is 218 cm³/mol. The molecule has 15 heteroatoms. The van der Waals surface area contributed by atoms with Crippen LogP contribution in [0.2, 0.25) is 0 Å². The second-order valence-electron chi connectivity index (χ2n) is 15.6. The van der Waals surface area contributed by atoms with Gasteiger partial charge in [0.2, 0.25) is 18.2 Å². The van der Waals surface area contributed by atoms with Crippen molar-refractivity contribution in [2.75, 3.05) is 27.3 Å².